The highest BCUT2D eigenvalue weighted by Crippen LogP contribution is 2.37. The van der Waals surface area contributed by atoms with Crippen LogP contribution in [0.4, 0.5) is 5.00 Å². The van der Waals surface area contributed by atoms with Gasteiger partial charge in [-0.2, -0.15) is 0 Å². The Balaban J connectivity index is 1.51. The highest BCUT2D eigenvalue weighted by molar-refractivity contribution is 7.17. The van der Waals surface area contributed by atoms with Gasteiger partial charge in [0.1, 0.15) is 10.5 Å². The number of esters is 2. The normalized spacial score (nSPS) is 14.6. The molecule has 0 saturated carbocycles. The SMILES string of the molecule is CCOC(=O)c1c(NC(=O)C(C)OC(=O)c2ccc3ncoc3c2)sc2c1CCCCCC2. The topological polar surface area (TPSA) is 108 Å². The first-order valence-corrected chi connectivity index (χ1v) is 12.0. The molecular formula is C24H26N2O6S. The molecule has 0 saturated heterocycles. The van der Waals surface area contributed by atoms with Gasteiger partial charge >= 0.3 is 11.9 Å². The minimum absolute atomic E-state index is 0.250. The van der Waals surface area contributed by atoms with Crippen LogP contribution in [0, 0.1) is 0 Å². The highest BCUT2D eigenvalue weighted by Gasteiger charge is 2.28. The number of fused-ring (bicyclic) bond motifs is 2. The quantitative estimate of drug-likeness (QED) is 0.510. The fraction of sp³-hybridized carbons (Fsp3) is 0.417. The first kappa shape index (κ1) is 23.0. The van der Waals surface area contributed by atoms with E-state index in [-0.39, 0.29) is 12.2 Å². The Hall–Kier alpha value is -3.20. The molecule has 1 atom stereocenters. The second-order valence-corrected chi connectivity index (χ2v) is 9.02. The van der Waals surface area contributed by atoms with Crippen LogP contribution in [-0.4, -0.2) is 35.5 Å². The van der Waals surface area contributed by atoms with Crippen molar-refractivity contribution in [3.05, 3.63) is 46.2 Å². The number of ether oxygens (including phenoxy) is 2. The number of rotatable bonds is 6. The second kappa shape index (κ2) is 10.2. The minimum Gasteiger partial charge on any atom is -0.462 e. The van der Waals surface area contributed by atoms with E-state index >= 15 is 0 Å². The number of aryl methyl sites for hydroxylation is 1. The number of aromatic nitrogens is 1. The summed E-state index contributed by atoms with van der Waals surface area (Å²) in [6.45, 7) is 3.50. The Morgan fingerprint density at radius 2 is 1.94 bits per heavy atom. The van der Waals surface area contributed by atoms with E-state index in [1.54, 1.807) is 19.1 Å². The van der Waals surface area contributed by atoms with Crippen molar-refractivity contribution in [1.82, 2.24) is 4.98 Å². The molecule has 1 N–H and O–H groups in total. The maximum atomic E-state index is 12.9. The summed E-state index contributed by atoms with van der Waals surface area (Å²) in [6, 6.07) is 4.73. The molecule has 0 fully saturated rings. The number of oxazole rings is 1. The molecule has 8 nitrogen and oxygen atoms in total. The molecule has 1 amide bonds. The average molecular weight is 471 g/mol. The zero-order valence-electron chi connectivity index (χ0n) is 18.6. The highest BCUT2D eigenvalue weighted by atomic mass is 32.1. The van der Waals surface area contributed by atoms with E-state index in [0.717, 1.165) is 49.0 Å². The van der Waals surface area contributed by atoms with Crippen molar-refractivity contribution in [2.45, 2.75) is 58.5 Å². The van der Waals surface area contributed by atoms with Gasteiger partial charge in [-0.1, -0.05) is 12.8 Å². The molecule has 1 aromatic carbocycles. The van der Waals surface area contributed by atoms with E-state index in [1.807, 2.05) is 0 Å². The van der Waals surface area contributed by atoms with Crippen molar-refractivity contribution >= 4 is 45.3 Å². The van der Waals surface area contributed by atoms with Gasteiger partial charge in [-0.3, -0.25) is 4.79 Å². The molecule has 1 aliphatic rings. The molecule has 0 bridgehead atoms. The summed E-state index contributed by atoms with van der Waals surface area (Å²) in [5, 5.41) is 3.26. The number of hydrogen-bond donors (Lipinski definition) is 1. The van der Waals surface area contributed by atoms with Gasteiger partial charge in [-0.15, -0.1) is 11.3 Å². The lowest BCUT2D eigenvalue weighted by Crippen LogP contribution is -2.30. The smallest absolute Gasteiger partial charge is 0.341 e. The zero-order chi connectivity index (χ0) is 23.4. The van der Waals surface area contributed by atoms with Crippen molar-refractivity contribution < 1.29 is 28.3 Å². The molecule has 2 aromatic heterocycles. The minimum atomic E-state index is -1.07. The number of nitrogens with one attached hydrogen (secondary N) is 1. The number of thiophene rings is 1. The predicted molar refractivity (Wildman–Crippen MR) is 124 cm³/mol. The summed E-state index contributed by atoms with van der Waals surface area (Å²) in [5.74, 6) is -1.60. The molecular weight excluding hydrogens is 444 g/mol. The lowest BCUT2D eigenvalue weighted by Gasteiger charge is -2.14. The van der Waals surface area contributed by atoms with Gasteiger partial charge in [0.15, 0.2) is 18.1 Å². The van der Waals surface area contributed by atoms with Crippen LogP contribution in [0.25, 0.3) is 11.1 Å². The molecule has 33 heavy (non-hydrogen) atoms. The summed E-state index contributed by atoms with van der Waals surface area (Å²) in [5.41, 5.74) is 2.73. The first-order valence-electron chi connectivity index (χ1n) is 11.1. The summed E-state index contributed by atoms with van der Waals surface area (Å²) < 4.78 is 15.8. The van der Waals surface area contributed by atoms with E-state index in [4.69, 9.17) is 13.9 Å². The fourth-order valence-electron chi connectivity index (χ4n) is 3.90. The van der Waals surface area contributed by atoms with E-state index in [2.05, 4.69) is 10.3 Å². The van der Waals surface area contributed by atoms with Crippen LogP contribution in [0.5, 0.6) is 0 Å². The number of nitrogens with zero attached hydrogens (tertiary/aromatic N) is 1. The lowest BCUT2D eigenvalue weighted by molar-refractivity contribution is -0.123. The number of anilines is 1. The molecule has 1 aliphatic carbocycles. The third-order valence-electron chi connectivity index (χ3n) is 5.61. The number of carbonyl (C=O) groups excluding carboxylic acids is 3. The molecule has 4 rings (SSSR count). The summed E-state index contributed by atoms with van der Waals surface area (Å²) in [6.07, 6.45) is 6.19. The predicted octanol–water partition coefficient (Wildman–Crippen LogP) is 4.91. The summed E-state index contributed by atoms with van der Waals surface area (Å²) in [4.78, 5) is 43.3. The van der Waals surface area contributed by atoms with E-state index in [0.29, 0.717) is 21.7 Å². The van der Waals surface area contributed by atoms with E-state index in [1.165, 1.54) is 30.7 Å². The Bertz CT molecular complexity index is 1180. The van der Waals surface area contributed by atoms with Crippen molar-refractivity contribution in [1.29, 1.82) is 0 Å². The van der Waals surface area contributed by atoms with Gasteiger partial charge < -0.3 is 19.2 Å². The molecule has 9 heteroatoms. The maximum absolute atomic E-state index is 12.9. The van der Waals surface area contributed by atoms with Crippen LogP contribution in [0.2, 0.25) is 0 Å². The Labute approximate surface area is 195 Å². The zero-order valence-corrected chi connectivity index (χ0v) is 19.5. The lowest BCUT2D eigenvalue weighted by atomic mass is 9.96. The van der Waals surface area contributed by atoms with Crippen LogP contribution in [0.1, 0.15) is 70.7 Å². The molecule has 174 valence electrons. The van der Waals surface area contributed by atoms with Gasteiger partial charge in [0.05, 0.1) is 17.7 Å². The fourth-order valence-corrected chi connectivity index (χ4v) is 5.18. The average Bonchev–Trinajstić information content (AvgIpc) is 3.37. The maximum Gasteiger partial charge on any atom is 0.341 e. The van der Waals surface area contributed by atoms with Crippen molar-refractivity contribution in [3.63, 3.8) is 0 Å². The molecule has 0 aliphatic heterocycles. The molecule has 1 unspecified atom stereocenters. The van der Waals surface area contributed by atoms with Crippen molar-refractivity contribution in [2.75, 3.05) is 11.9 Å². The van der Waals surface area contributed by atoms with Crippen molar-refractivity contribution in [2.24, 2.45) is 0 Å². The largest absolute Gasteiger partial charge is 0.462 e. The monoisotopic (exact) mass is 470 g/mol. The van der Waals surface area contributed by atoms with E-state index < -0.39 is 23.9 Å². The van der Waals surface area contributed by atoms with Gasteiger partial charge in [0.25, 0.3) is 5.91 Å². The van der Waals surface area contributed by atoms with Crippen LogP contribution < -0.4 is 5.32 Å². The van der Waals surface area contributed by atoms with E-state index in [9.17, 15) is 14.4 Å². The molecule has 0 radical (unpaired) electrons. The van der Waals surface area contributed by atoms with Gasteiger partial charge in [0.2, 0.25) is 0 Å². The van der Waals surface area contributed by atoms with Crippen LogP contribution in [0.15, 0.2) is 29.0 Å². The number of benzene rings is 1. The number of carbonyl (C=O) groups is 3. The van der Waals surface area contributed by atoms with Crippen LogP contribution >= 0.6 is 11.3 Å². The van der Waals surface area contributed by atoms with Crippen LogP contribution in [-0.2, 0) is 27.1 Å². The van der Waals surface area contributed by atoms with Gasteiger partial charge in [0, 0.05) is 4.88 Å². The Kier molecular flexibility index (Phi) is 7.08. The third kappa shape index (κ3) is 5.08. The Morgan fingerprint density at radius 3 is 2.73 bits per heavy atom. The summed E-state index contributed by atoms with van der Waals surface area (Å²) in [7, 11) is 0. The number of amides is 1. The third-order valence-corrected chi connectivity index (χ3v) is 6.81. The Morgan fingerprint density at radius 1 is 1.15 bits per heavy atom. The van der Waals surface area contributed by atoms with Crippen LogP contribution in [0.3, 0.4) is 0 Å². The number of hydrogen-bond acceptors (Lipinski definition) is 8. The molecule has 0 spiro atoms. The van der Waals surface area contributed by atoms with Crippen molar-refractivity contribution in [3.8, 4) is 0 Å². The first-order chi connectivity index (χ1) is 16.0. The molecule has 2 heterocycles. The molecule has 3 aromatic rings. The van der Waals surface area contributed by atoms with Gasteiger partial charge in [-0.25, -0.2) is 14.6 Å². The standard InChI is InChI=1S/C24H26N2O6S/c1-3-30-24(29)20-16-8-6-4-5-7-9-19(16)33-22(20)26-21(27)14(2)32-23(28)15-10-11-17-18(12-15)31-13-25-17/h10-14H,3-9H2,1-2H3,(H,26,27). The summed E-state index contributed by atoms with van der Waals surface area (Å²) >= 11 is 1.41. The second-order valence-electron chi connectivity index (χ2n) is 7.91. The van der Waals surface area contributed by atoms with Gasteiger partial charge in [-0.05, 0) is 63.3 Å².